The molecule has 0 bridgehead atoms. The van der Waals surface area contributed by atoms with Gasteiger partial charge in [-0.05, 0) is 97.7 Å². The van der Waals surface area contributed by atoms with Crippen molar-refractivity contribution in [3.8, 4) is 45.0 Å². The molecule has 5 aliphatic rings. The summed E-state index contributed by atoms with van der Waals surface area (Å²) in [7, 11) is 3.12. The Labute approximate surface area is 710 Å². The minimum atomic E-state index is -0.993. The van der Waals surface area contributed by atoms with Crippen LogP contribution in [0.2, 0.25) is 5.02 Å². The van der Waals surface area contributed by atoms with Gasteiger partial charge in [-0.2, -0.15) is 0 Å². The minimum Gasteiger partial charge on any atom is -0.379 e. The van der Waals surface area contributed by atoms with E-state index in [0.29, 0.717) is 167 Å². The molecule has 1 fully saturated rings. The molecule has 36 heteroatoms. The van der Waals surface area contributed by atoms with Crippen LogP contribution < -0.4 is 42.5 Å². The molecule has 13 rings (SSSR count). The number of pyridine rings is 1. The Kier molecular flexibility index (Phi) is 30.1. The highest BCUT2D eigenvalue weighted by atomic mass is 35.5. The van der Waals surface area contributed by atoms with Crippen LogP contribution in [0.3, 0.4) is 0 Å². The molecule has 0 saturated heterocycles. The molecule has 2 aromatic carbocycles. The Morgan fingerprint density at radius 2 is 0.793 bits per heavy atom. The van der Waals surface area contributed by atoms with E-state index in [0.717, 1.165) is 53.5 Å². The Balaban J connectivity index is 0.000000170. The molecule has 1 aliphatic carbocycles. The van der Waals surface area contributed by atoms with Crippen molar-refractivity contribution < 1.29 is 74.9 Å². The molecule has 1 saturated carbocycles. The van der Waals surface area contributed by atoms with Crippen LogP contribution >= 0.6 is 22.9 Å². The summed E-state index contributed by atoms with van der Waals surface area (Å²) < 4.78 is 84.6. The minimum absolute atomic E-state index is 0.151. The lowest BCUT2D eigenvalue weighted by molar-refractivity contribution is -0.127. The number of ether oxygens (including phenoxy) is 4. The lowest BCUT2D eigenvalue weighted by Crippen LogP contribution is -2.57. The number of halogens is 5. The number of amides is 8. The van der Waals surface area contributed by atoms with Crippen LogP contribution in [0.25, 0.3) is 45.0 Å². The van der Waals surface area contributed by atoms with Gasteiger partial charge in [-0.3, -0.25) is 43.3 Å². The standard InChI is InChI=1S/C24H32F2N4O3.C23H28F2N4O3.C20H26ClN5O3.C18H25N5O3S/c1-23(2,3)19(22(32)29-24(4,5)6)28-21(31)18-17-9-11-33-12-10-30(17)20(27-18)14-7-8-15(25)16(26)13-14;1-23(2,3)19(22(31)26-14-5-6-14)28-21(30)18-17-8-10-32-11-9-29(17)20(27-18)13-4-7-15(24)16(25)12-13;1-20(2,3)16(19(28)22-4)25-18(27)15-14-6-9-29-10-8-26(14)17(24-15)12-5-7-23-11-13(12)21;1-18(2,3)13(16(25)19-4)22-15(24)12-11-5-8-26-9-7-23(11)14(21-12)17-20-6-10-27-17/h7-8,13,19H,9-12H2,1-6H3,(H,28,31)(H,29,32);4,7,12,14,19H,5-6,8-11H2,1-3H3,(H,26,31)(H,28,30);5,7,11,16H,6,8-10H2,1-4H3,(H,22,28)(H,25,27);6,10,13H,5,7-9H2,1-4H3,(H,19,25)(H,22,24)/t2*19-;16-;13-/m1111/s1. The second-order valence-corrected chi connectivity index (χ2v) is 36.6. The number of fused-ring (bicyclic) bond motifs is 4. The highest BCUT2D eigenvalue weighted by Crippen LogP contribution is 2.35. The smallest absolute Gasteiger partial charge is 0.272 e. The van der Waals surface area contributed by atoms with Gasteiger partial charge in [0.05, 0.1) is 80.7 Å². The summed E-state index contributed by atoms with van der Waals surface area (Å²) in [5.74, 6) is -4.63. The van der Waals surface area contributed by atoms with Gasteiger partial charge in [-0.1, -0.05) is 94.7 Å². The van der Waals surface area contributed by atoms with Gasteiger partial charge in [-0.25, -0.2) is 42.5 Å². The van der Waals surface area contributed by atoms with E-state index < -0.39 is 92.4 Å². The van der Waals surface area contributed by atoms with E-state index in [1.165, 1.54) is 23.5 Å². The summed E-state index contributed by atoms with van der Waals surface area (Å²) in [6.45, 7) is 34.1. The average Bonchev–Trinajstić information content (AvgIpc) is 1.65. The summed E-state index contributed by atoms with van der Waals surface area (Å²) in [4.78, 5) is 130. The zero-order valence-corrected chi connectivity index (χ0v) is 73.2. The molecular weight excluding hydrogens is 1610 g/mol. The Morgan fingerprint density at radius 3 is 1.12 bits per heavy atom. The van der Waals surface area contributed by atoms with E-state index in [-0.39, 0.29) is 52.7 Å². The van der Waals surface area contributed by atoms with Crippen molar-refractivity contribution in [2.45, 2.75) is 204 Å². The van der Waals surface area contributed by atoms with Gasteiger partial charge in [-0.15, -0.1) is 11.3 Å². The first-order valence-corrected chi connectivity index (χ1v) is 41.6. The van der Waals surface area contributed by atoms with Crippen molar-refractivity contribution in [2.24, 2.45) is 21.7 Å². The maximum Gasteiger partial charge on any atom is 0.272 e. The fraction of sp³-hybridized carbons (Fsp3) is 0.529. The molecule has 8 amide bonds. The number of hydrogen-bond acceptors (Lipinski definition) is 19. The predicted molar refractivity (Wildman–Crippen MR) is 447 cm³/mol. The SMILES string of the molecule is CC(C)(C)NC(=O)[C@@H](NC(=O)c1nc(-c2ccc(F)c(F)c2)n2c1CCOCC2)C(C)(C)C.CC(C)(C)[C@H](NC(=O)c1nc(-c2ccc(F)c(F)c2)n2c1CCOCC2)C(=O)NC1CC1.CNC(=O)[C@@H](NC(=O)c1nc(-c2ccncc2Cl)n2c1CCOCC2)C(C)(C)C.CNC(=O)[C@@H](NC(=O)c1nc(-c2nccs2)n2c1CCOCC2)C(C)(C)C. The first-order chi connectivity index (χ1) is 57.0. The fourth-order valence-electron chi connectivity index (χ4n) is 14.1. The van der Waals surface area contributed by atoms with Gasteiger partial charge in [0, 0.05) is 118 Å². The second-order valence-electron chi connectivity index (χ2n) is 35.3. The summed E-state index contributed by atoms with van der Waals surface area (Å²) in [5.41, 5.74) is 2.79. The van der Waals surface area contributed by atoms with Crippen molar-refractivity contribution >= 4 is 70.2 Å². The first-order valence-electron chi connectivity index (χ1n) is 40.4. The maximum absolute atomic E-state index is 13.9. The topological polar surface area (TPSA) is 367 Å². The predicted octanol–water partition coefficient (Wildman–Crippen LogP) is 9.82. The third kappa shape index (κ3) is 23.3. The van der Waals surface area contributed by atoms with Gasteiger partial charge in [0.2, 0.25) is 23.6 Å². The van der Waals surface area contributed by atoms with E-state index >= 15 is 0 Å². The van der Waals surface area contributed by atoms with Crippen molar-refractivity contribution in [3.05, 3.63) is 140 Å². The number of thiazole rings is 1. The zero-order valence-electron chi connectivity index (χ0n) is 71.6. The number of aromatic nitrogens is 10. The van der Waals surface area contributed by atoms with Crippen LogP contribution in [0, 0.1) is 44.9 Å². The number of benzene rings is 2. The lowest BCUT2D eigenvalue weighted by atomic mass is 9.85. The second kappa shape index (κ2) is 39.2. The molecule has 0 radical (unpaired) electrons. The third-order valence-corrected chi connectivity index (χ3v) is 21.5. The van der Waals surface area contributed by atoms with Crippen LogP contribution in [0.1, 0.15) is 181 Å². The molecule has 8 aromatic rings. The monoisotopic (exact) mass is 1720 g/mol. The van der Waals surface area contributed by atoms with Crippen molar-refractivity contribution in [1.82, 2.24) is 90.7 Å². The molecule has 4 aliphatic heterocycles. The van der Waals surface area contributed by atoms with Crippen molar-refractivity contribution in [3.63, 3.8) is 0 Å². The van der Waals surface area contributed by atoms with E-state index in [1.54, 1.807) is 43.3 Å². The van der Waals surface area contributed by atoms with E-state index in [4.69, 9.17) is 30.5 Å². The summed E-state index contributed by atoms with van der Waals surface area (Å²) in [5, 5.41) is 25.6. The molecular formula is C85H111ClF4N18O12S. The summed E-state index contributed by atoms with van der Waals surface area (Å²) >= 11 is 7.81. The molecule has 30 nitrogen and oxygen atoms in total. The molecule has 10 heterocycles. The van der Waals surface area contributed by atoms with Gasteiger partial charge >= 0.3 is 0 Å². The van der Waals surface area contributed by atoms with E-state index in [9.17, 15) is 55.9 Å². The number of carbonyl (C=O) groups is 8. The first kappa shape index (κ1) is 92.9. The Hall–Kier alpha value is -10.3. The molecule has 6 aromatic heterocycles. The number of imidazole rings is 4. The van der Waals surface area contributed by atoms with Crippen molar-refractivity contribution in [1.29, 1.82) is 0 Å². The van der Waals surface area contributed by atoms with Crippen LogP contribution in [0.15, 0.2) is 66.4 Å². The van der Waals surface area contributed by atoms with Gasteiger partial charge in [0.25, 0.3) is 23.6 Å². The number of nitrogens with one attached hydrogen (secondary N) is 8. The summed E-state index contributed by atoms with van der Waals surface area (Å²) in [6, 6.07) is 6.08. The molecule has 8 N–H and O–H groups in total. The number of rotatable bonds is 17. The van der Waals surface area contributed by atoms with Gasteiger partial charge < -0.3 is 79.8 Å². The van der Waals surface area contributed by atoms with Crippen LogP contribution in [0.4, 0.5) is 17.6 Å². The maximum atomic E-state index is 13.9. The quantitative estimate of drug-likeness (QED) is 0.0393. The number of likely N-dealkylation sites (N-methyl/N-ethyl adjacent to an activating group) is 2. The summed E-state index contributed by atoms with van der Waals surface area (Å²) in [6.07, 6.45) is 8.78. The molecule has 0 spiro atoms. The normalized spacial score (nSPS) is 15.9. The average molecular weight is 1720 g/mol. The van der Waals surface area contributed by atoms with Gasteiger partial charge in [0.1, 0.15) is 64.4 Å². The lowest BCUT2D eigenvalue weighted by Gasteiger charge is -2.33. The number of hydrogen-bond donors (Lipinski definition) is 8. The van der Waals surface area contributed by atoms with Crippen molar-refractivity contribution in [2.75, 3.05) is 67.0 Å². The number of nitrogens with zero attached hydrogens (tertiary/aromatic N) is 10. The zero-order chi connectivity index (χ0) is 88.4. The largest absolute Gasteiger partial charge is 0.379 e. The van der Waals surface area contributed by atoms with Gasteiger partial charge in [0.15, 0.2) is 34.1 Å². The fourth-order valence-corrected chi connectivity index (χ4v) is 14.9. The Bertz CT molecular complexity index is 5080. The molecule has 121 heavy (non-hydrogen) atoms. The molecule has 4 atom stereocenters. The highest BCUT2D eigenvalue weighted by Gasteiger charge is 2.42. The third-order valence-electron chi connectivity index (χ3n) is 20.4. The van der Waals surface area contributed by atoms with Crippen LogP contribution in [0.5, 0.6) is 0 Å². The molecule has 0 unspecified atom stereocenters. The van der Waals surface area contributed by atoms with Crippen LogP contribution in [-0.2, 0) is 90.0 Å². The van der Waals surface area contributed by atoms with E-state index in [2.05, 4.69) is 72.4 Å². The number of carbonyl (C=O) groups excluding carboxylic acids is 8. The van der Waals surface area contributed by atoms with Crippen LogP contribution in [-0.4, -0.2) is 198 Å². The molecule has 654 valence electrons. The highest BCUT2D eigenvalue weighted by molar-refractivity contribution is 7.13. The Morgan fingerprint density at radius 1 is 0.446 bits per heavy atom. The van der Waals surface area contributed by atoms with E-state index in [1.807, 2.05) is 123 Å².